The van der Waals surface area contributed by atoms with Crippen molar-refractivity contribution in [1.82, 2.24) is 4.31 Å². The number of nitrogens with one attached hydrogen (secondary N) is 1. The van der Waals surface area contributed by atoms with Crippen LogP contribution in [0, 0.1) is 6.92 Å². The number of carbonyl (C=O) groups excluding carboxylic acids is 1. The predicted molar refractivity (Wildman–Crippen MR) is 82.1 cm³/mol. The van der Waals surface area contributed by atoms with Crippen molar-refractivity contribution < 1.29 is 13.2 Å². The molecule has 0 unspecified atom stereocenters. The zero-order chi connectivity index (χ0) is 14.9. The number of carbonyl (C=O) groups is 1. The molecule has 20 heavy (non-hydrogen) atoms. The first-order valence-corrected chi connectivity index (χ1v) is 8.97. The fourth-order valence-electron chi connectivity index (χ4n) is 2.34. The molecule has 1 fully saturated rings. The first-order chi connectivity index (χ1) is 9.29. The van der Waals surface area contributed by atoms with Gasteiger partial charge in [-0.3, -0.25) is 4.79 Å². The van der Waals surface area contributed by atoms with Gasteiger partial charge >= 0.3 is 0 Å². The molecular formula is C13H17BrN2O3S. The van der Waals surface area contributed by atoms with Gasteiger partial charge in [0.2, 0.25) is 15.9 Å². The maximum absolute atomic E-state index is 12.3. The van der Waals surface area contributed by atoms with E-state index < -0.39 is 16.1 Å². The van der Waals surface area contributed by atoms with Crippen LogP contribution in [0.1, 0.15) is 18.4 Å². The lowest BCUT2D eigenvalue weighted by Gasteiger charge is -2.21. The highest BCUT2D eigenvalue weighted by molar-refractivity contribution is 9.10. The molecular weight excluding hydrogens is 344 g/mol. The van der Waals surface area contributed by atoms with Crippen LogP contribution in [0.5, 0.6) is 0 Å². The van der Waals surface area contributed by atoms with Gasteiger partial charge in [0, 0.05) is 11.0 Å². The molecule has 1 saturated heterocycles. The lowest BCUT2D eigenvalue weighted by molar-refractivity contribution is -0.119. The lowest BCUT2D eigenvalue weighted by atomic mass is 10.2. The van der Waals surface area contributed by atoms with Crippen LogP contribution < -0.4 is 5.32 Å². The van der Waals surface area contributed by atoms with Crippen LogP contribution in [0.4, 0.5) is 5.69 Å². The molecule has 1 N–H and O–H groups in total. The summed E-state index contributed by atoms with van der Waals surface area (Å²) in [5, 5.41) is 2.79. The topological polar surface area (TPSA) is 66.5 Å². The molecule has 0 aliphatic carbocycles. The van der Waals surface area contributed by atoms with Crippen LogP contribution in [0.3, 0.4) is 0 Å². The van der Waals surface area contributed by atoms with E-state index in [9.17, 15) is 13.2 Å². The van der Waals surface area contributed by atoms with Crippen molar-refractivity contribution in [3.63, 3.8) is 0 Å². The van der Waals surface area contributed by atoms with Crippen LogP contribution in [-0.2, 0) is 14.8 Å². The Morgan fingerprint density at radius 3 is 2.75 bits per heavy atom. The summed E-state index contributed by atoms with van der Waals surface area (Å²) in [5.41, 5.74) is 1.73. The van der Waals surface area contributed by atoms with Gasteiger partial charge in [-0.05, 0) is 53.4 Å². The number of hydrogen-bond donors (Lipinski definition) is 1. The Kier molecular flexibility index (Phi) is 4.51. The first-order valence-electron chi connectivity index (χ1n) is 6.33. The molecule has 0 aromatic heterocycles. The van der Waals surface area contributed by atoms with Gasteiger partial charge in [-0.2, -0.15) is 4.31 Å². The minimum Gasteiger partial charge on any atom is -0.324 e. The van der Waals surface area contributed by atoms with E-state index in [1.807, 2.05) is 19.1 Å². The molecule has 0 bridgehead atoms. The van der Waals surface area contributed by atoms with Crippen molar-refractivity contribution >= 4 is 37.5 Å². The summed E-state index contributed by atoms with van der Waals surface area (Å²) in [6.45, 7) is 2.37. The molecule has 1 aromatic carbocycles. The Balaban J connectivity index is 2.16. The third-order valence-electron chi connectivity index (χ3n) is 3.31. The van der Waals surface area contributed by atoms with Crippen molar-refractivity contribution in [2.45, 2.75) is 25.8 Å². The Hall–Kier alpha value is -0.920. The summed E-state index contributed by atoms with van der Waals surface area (Å²) in [6, 6.07) is 4.98. The SMILES string of the molecule is Cc1ccc(NC(=O)[C@@H]2CCCN2S(C)(=O)=O)c(Br)c1. The summed E-state index contributed by atoms with van der Waals surface area (Å²) in [5.74, 6) is -0.280. The van der Waals surface area contributed by atoms with Crippen LogP contribution >= 0.6 is 15.9 Å². The maximum atomic E-state index is 12.3. The smallest absolute Gasteiger partial charge is 0.242 e. The standard InChI is InChI=1S/C13H17BrN2O3S/c1-9-5-6-11(10(14)8-9)15-13(17)12-4-3-7-16(12)20(2,18)19/h5-6,8,12H,3-4,7H2,1-2H3,(H,15,17)/t12-/m0/s1. The number of halogens is 1. The third-order valence-corrected chi connectivity index (χ3v) is 5.26. The molecule has 110 valence electrons. The van der Waals surface area contributed by atoms with E-state index in [2.05, 4.69) is 21.2 Å². The van der Waals surface area contributed by atoms with Gasteiger partial charge in [0.15, 0.2) is 0 Å². The van der Waals surface area contributed by atoms with Gasteiger partial charge in [0.25, 0.3) is 0 Å². The van der Waals surface area contributed by atoms with E-state index in [1.54, 1.807) is 6.07 Å². The zero-order valence-electron chi connectivity index (χ0n) is 11.4. The zero-order valence-corrected chi connectivity index (χ0v) is 13.8. The van der Waals surface area contributed by atoms with Crippen molar-refractivity contribution in [3.05, 3.63) is 28.2 Å². The average Bonchev–Trinajstić information content (AvgIpc) is 2.81. The summed E-state index contributed by atoms with van der Waals surface area (Å²) in [7, 11) is -3.35. The van der Waals surface area contributed by atoms with Crippen LogP contribution in [0.2, 0.25) is 0 Å². The van der Waals surface area contributed by atoms with Crippen molar-refractivity contribution in [3.8, 4) is 0 Å². The summed E-state index contributed by atoms with van der Waals surface area (Å²) in [6.07, 6.45) is 2.41. The Labute approximate surface area is 127 Å². The van der Waals surface area contributed by atoms with Gasteiger partial charge in [0.05, 0.1) is 11.9 Å². The van der Waals surface area contributed by atoms with Gasteiger partial charge in [0.1, 0.15) is 6.04 Å². The van der Waals surface area contributed by atoms with Gasteiger partial charge in [-0.15, -0.1) is 0 Å². The number of anilines is 1. The van der Waals surface area contributed by atoms with E-state index in [-0.39, 0.29) is 5.91 Å². The second kappa shape index (κ2) is 5.83. The quantitative estimate of drug-likeness (QED) is 0.897. The predicted octanol–water partition coefficient (Wildman–Crippen LogP) is 2.12. The number of sulfonamides is 1. The highest BCUT2D eigenvalue weighted by atomic mass is 79.9. The Morgan fingerprint density at radius 2 is 2.15 bits per heavy atom. The van der Waals surface area contributed by atoms with Crippen molar-refractivity contribution in [2.75, 3.05) is 18.1 Å². The van der Waals surface area contributed by atoms with Crippen LogP contribution in [0.15, 0.2) is 22.7 Å². The number of amides is 1. The van der Waals surface area contributed by atoms with E-state index in [0.717, 1.165) is 16.3 Å². The largest absolute Gasteiger partial charge is 0.324 e. The summed E-state index contributed by atoms with van der Waals surface area (Å²) in [4.78, 5) is 12.3. The molecule has 0 spiro atoms. The summed E-state index contributed by atoms with van der Waals surface area (Å²) >= 11 is 3.39. The molecule has 1 aliphatic rings. The van der Waals surface area contributed by atoms with Gasteiger partial charge in [-0.25, -0.2) is 8.42 Å². The number of benzene rings is 1. The molecule has 0 saturated carbocycles. The lowest BCUT2D eigenvalue weighted by Crippen LogP contribution is -2.42. The Bertz CT molecular complexity index is 631. The first kappa shape index (κ1) is 15.5. The van der Waals surface area contributed by atoms with E-state index in [1.165, 1.54) is 4.31 Å². The van der Waals surface area contributed by atoms with E-state index >= 15 is 0 Å². The molecule has 7 heteroatoms. The highest BCUT2D eigenvalue weighted by Gasteiger charge is 2.36. The molecule has 1 amide bonds. The van der Waals surface area contributed by atoms with Crippen molar-refractivity contribution in [1.29, 1.82) is 0 Å². The van der Waals surface area contributed by atoms with Gasteiger partial charge < -0.3 is 5.32 Å². The summed E-state index contributed by atoms with van der Waals surface area (Å²) < 4.78 is 25.4. The molecule has 2 rings (SSSR count). The second-order valence-corrected chi connectivity index (χ2v) is 7.79. The number of nitrogens with zero attached hydrogens (tertiary/aromatic N) is 1. The number of aryl methyl sites for hydroxylation is 1. The van der Waals surface area contributed by atoms with Crippen LogP contribution in [0.25, 0.3) is 0 Å². The molecule has 1 aromatic rings. The second-order valence-electron chi connectivity index (χ2n) is 5.00. The maximum Gasteiger partial charge on any atom is 0.242 e. The normalized spacial score (nSPS) is 20.1. The fraction of sp³-hybridized carbons (Fsp3) is 0.462. The molecule has 0 radical (unpaired) electrons. The number of hydrogen-bond acceptors (Lipinski definition) is 3. The monoisotopic (exact) mass is 360 g/mol. The van der Waals surface area contributed by atoms with E-state index in [4.69, 9.17) is 0 Å². The minimum absolute atomic E-state index is 0.280. The average molecular weight is 361 g/mol. The van der Waals surface area contributed by atoms with Crippen molar-refractivity contribution in [2.24, 2.45) is 0 Å². The minimum atomic E-state index is -3.35. The number of rotatable bonds is 3. The molecule has 1 heterocycles. The Morgan fingerprint density at radius 1 is 1.45 bits per heavy atom. The third kappa shape index (κ3) is 3.39. The highest BCUT2D eigenvalue weighted by Crippen LogP contribution is 2.26. The van der Waals surface area contributed by atoms with Gasteiger partial charge in [-0.1, -0.05) is 6.07 Å². The van der Waals surface area contributed by atoms with E-state index in [0.29, 0.717) is 25.1 Å². The fourth-order valence-corrected chi connectivity index (χ4v) is 4.05. The molecule has 5 nitrogen and oxygen atoms in total. The molecule has 1 aliphatic heterocycles. The molecule has 1 atom stereocenters. The van der Waals surface area contributed by atoms with Crippen LogP contribution in [-0.4, -0.2) is 37.5 Å².